The number of unbranched alkanes of at least 4 members (excludes halogenated alkanes) is 2. The van der Waals surface area contributed by atoms with Gasteiger partial charge in [-0.15, -0.1) is 23.5 Å². The lowest BCUT2D eigenvalue weighted by atomic mass is 10.0. The van der Waals surface area contributed by atoms with E-state index in [0.717, 1.165) is 70.8 Å². The van der Waals surface area contributed by atoms with Crippen molar-refractivity contribution in [3.8, 4) is 23.7 Å². The van der Waals surface area contributed by atoms with Gasteiger partial charge in [-0.2, -0.15) is 13.2 Å². The van der Waals surface area contributed by atoms with Crippen LogP contribution in [0, 0.1) is 23.7 Å². The molecule has 0 aliphatic carbocycles. The van der Waals surface area contributed by atoms with Crippen LogP contribution in [0.2, 0.25) is 0 Å². The highest BCUT2D eigenvalue weighted by Crippen LogP contribution is 2.35. The van der Waals surface area contributed by atoms with Crippen LogP contribution in [0.25, 0.3) is 0 Å². The molecule has 0 bridgehead atoms. The zero-order valence-corrected chi connectivity index (χ0v) is 32.2. The van der Waals surface area contributed by atoms with Gasteiger partial charge < -0.3 is 9.47 Å². The predicted octanol–water partition coefficient (Wildman–Crippen LogP) is 10.6. The van der Waals surface area contributed by atoms with Crippen LogP contribution in [-0.2, 0) is 25.2 Å². The van der Waals surface area contributed by atoms with Gasteiger partial charge in [0.2, 0.25) is 5.12 Å². The topological polar surface area (TPSA) is 69.7 Å². The van der Waals surface area contributed by atoms with Gasteiger partial charge in [0, 0.05) is 54.7 Å². The molecule has 4 aromatic rings. The number of rotatable bonds is 16. The quantitative estimate of drug-likeness (QED) is 0.0365. The third-order valence-electron chi connectivity index (χ3n) is 7.46. The third-order valence-corrected chi connectivity index (χ3v) is 10.6. The highest BCUT2D eigenvalue weighted by molar-refractivity contribution is 8.14. The minimum Gasteiger partial charge on any atom is -0.463 e. The number of esters is 2. The van der Waals surface area contributed by atoms with E-state index < -0.39 is 34.4 Å². The van der Waals surface area contributed by atoms with E-state index in [2.05, 4.69) is 36.8 Å². The van der Waals surface area contributed by atoms with Crippen LogP contribution in [0.1, 0.15) is 63.9 Å². The van der Waals surface area contributed by atoms with Gasteiger partial charge in [0.05, 0.1) is 18.8 Å². The van der Waals surface area contributed by atoms with Crippen LogP contribution in [-0.4, -0.2) is 41.8 Å². The maximum absolute atomic E-state index is 14.1. The van der Waals surface area contributed by atoms with E-state index in [1.54, 1.807) is 59.9 Å². The van der Waals surface area contributed by atoms with Crippen molar-refractivity contribution >= 4 is 52.3 Å². The molecule has 0 amide bonds. The summed E-state index contributed by atoms with van der Waals surface area (Å²) in [6.07, 6.45) is 0.807. The molecule has 0 saturated heterocycles. The van der Waals surface area contributed by atoms with Crippen LogP contribution in [0.3, 0.4) is 0 Å². The van der Waals surface area contributed by atoms with Gasteiger partial charge in [-0.1, -0.05) is 36.8 Å². The highest BCUT2D eigenvalue weighted by atomic mass is 32.2. The molecule has 0 saturated carbocycles. The van der Waals surface area contributed by atoms with Gasteiger partial charge in [0.25, 0.3) is 0 Å². The Hall–Kier alpha value is -5.07. The average molecular weight is 799 g/mol. The van der Waals surface area contributed by atoms with E-state index in [1.165, 1.54) is 12.1 Å². The van der Waals surface area contributed by atoms with Gasteiger partial charge in [0.1, 0.15) is 0 Å². The lowest BCUT2D eigenvalue weighted by Gasteiger charge is -2.12. The van der Waals surface area contributed by atoms with Gasteiger partial charge >= 0.3 is 18.1 Å². The van der Waals surface area contributed by atoms with E-state index in [4.69, 9.17) is 9.47 Å². The van der Waals surface area contributed by atoms with Gasteiger partial charge in [-0.3, -0.25) is 4.79 Å². The first kappa shape index (κ1) is 42.7. The Morgan fingerprint density at radius 3 is 1.40 bits per heavy atom. The van der Waals surface area contributed by atoms with Gasteiger partial charge in [-0.25, -0.2) is 9.59 Å². The molecule has 282 valence electrons. The smallest absolute Gasteiger partial charge is 0.417 e. The van der Waals surface area contributed by atoms with Crippen LogP contribution >= 0.6 is 35.3 Å². The monoisotopic (exact) mass is 798 g/mol. The number of hydrogen-bond donors (Lipinski definition) is 0. The van der Waals surface area contributed by atoms with Crippen molar-refractivity contribution in [3.05, 3.63) is 150 Å². The molecule has 55 heavy (non-hydrogen) atoms. The molecule has 0 radical (unpaired) electrons. The molecule has 4 rings (SSSR count). The zero-order chi connectivity index (χ0) is 39.5. The van der Waals surface area contributed by atoms with Crippen LogP contribution in [0.5, 0.6) is 0 Å². The Bertz CT molecular complexity index is 2070. The Balaban J connectivity index is 1.29. The fourth-order valence-corrected chi connectivity index (χ4v) is 7.21. The van der Waals surface area contributed by atoms with Gasteiger partial charge in [0.15, 0.2) is 0 Å². The molecule has 0 spiro atoms. The summed E-state index contributed by atoms with van der Waals surface area (Å²) in [5, 5.41) is -0.731. The normalized spacial score (nSPS) is 10.6. The lowest BCUT2D eigenvalue weighted by Crippen LogP contribution is -2.12. The lowest BCUT2D eigenvalue weighted by molar-refractivity contribution is -0.138. The van der Waals surface area contributed by atoms with Crippen LogP contribution < -0.4 is 0 Å². The molecule has 0 aliphatic rings. The van der Waals surface area contributed by atoms with Crippen molar-refractivity contribution in [2.24, 2.45) is 0 Å². The summed E-state index contributed by atoms with van der Waals surface area (Å²) < 4.78 is 52.3. The minimum absolute atomic E-state index is 0.140. The standard InChI is InChI=1S/C44H37F3O5S3/c1-3-41(48)51-27-5-7-29-53-36-20-13-32(14-21-36)9-10-33-17-24-38(25-18-33)55-43(50)39-26-19-35(31-40(39)44(45,46)47)12-11-34-15-22-37(23-16-34)54-30-8-6-28-52-42(49)4-2/h3-4,13-26,31H,1-2,5-8,27-30H2. The van der Waals surface area contributed by atoms with E-state index in [0.29, 0.717) is 41.0 Å². The molecule has 0 heterocycles. The minimum atomic E-state index is -4.75. The number of carbonyl (C=O) groups is 3. The second kappa shape index (κ2) is 22.3. The fourth-order valence-electron chi connectivity index (χ4n) is 4.61. The molecule has 0 unspecified atom stereocenters. The fraction of sp³-hybridized carbons (Fsp3) is 0.205. The second-order valence-electron chi connectivity index (χ2n) is 11.6. The summed E-state index contributed by atoms with van der Waals surface area (Å²) in [5.74, 6) is 12.7. The second-order valence-corrected chi connectivity index (χ2v) is 15.0. The number of ether oxygens (including phenoxy) is 2. The molecule has 0 N–H and O–H groups in total. The molecule has 0 aliphatic heterocycles. The molecule has 0 aromatic heterocycles. The SMILES string of the molecule is C=CC(=O)OCCCCSc1ccc(C#Cc2ccc(SC(=O)c3ccc(C#Cc4ccc(SCCCCOC(=O)C=C)cc4)cc3C(F)(F)F)cc2)cc1. The first-order valence-electron chi connectivity index (χ1n) is 17.2. The first-order chi connectivity index (χ1) is 26.5. The van der Waals surface area contributed by atoms with Crippen molar-refractivity contribution in [2.45, 2.75) is 46.5 Å². The molecule has 11 heteroatoms. The van der Waals surface area contributed by atoms with E-state index in [1.807, 2.05) is 36.4 Å². The molecular formula is C44H37F3O5S3. The number of thioether (sulfide) groups is 3. The average Bonchev–Trinajstić information content (AvgIpc) is 3.19. The number of alkyl halides is 3. The number of hydrogen-bond acceptors (Lipinski definition) is 8. The van der Waals surface area contributed by atoms with E-state index >= 15 is 0 Å². The Kier molecular flexibility index (Phi) is 17.3. The number of halogens is 3. The number of carbonyl (C=O) groups excluding carboxylic acids is 3. The molecular weight excluding hydrogens is 762 g/mol. The summed E-state index contributed by atoms with van der Waals surface area (Å²) in [7, 11) is 0. The van der Waals surface area contributed by atoms with Crippen LogP contribution in [0.15, 0.2) is 131 Å². The highest BCUT2D eigenvalue weighted by Gasteiger charge is 2.35. The van der Waals surface area contributed by atoms with Crippen LogP contribution in [0.4, 0.5) is 13.2 Å². The predicted molar refractivity (Wildman–Crippen MR) is 215 cm³/mol. The summed E-state index contributed by atoms with van der Waals surface area (Å²) >= 11 is 4.06. The van der Waals surface area contributed by atoms with Crippen molar-refractivity contribution in [1.82, 2.24) is 0 Å². The Labute approximate surface area is 332 Å². The Morgan fingerprint density at radius 2 is 0.982 bits per heavy atom. The molecule has 4 aromatic carbocycles. The molecule has 0 atom stereocenters. The largest absolute Gasteiger partial charge is 0.463 e. The number of benzene rings is 4. The Morgan fingerprint density at radius 1 is 0.582 bits per heavy atom. The summed E-state index contributed by atoms with van der Waals surface area (Å²) in [5.41, 5.74) is 0.816. The van der Waals surface area contributed by atoms with E-state index in [-0.39, 0.29) is 5.56 Å². The van der Waals surface area contributed by atoms with Crippen molar-refractivity contribution < 1.29 is 37.0 Å². The van der Waals surface area contributed by atoms with Crippen molar-refractivity contribution in [2.75, 3.05) is 24.7 Å². The maximum atomic E-state index is 14.1. The summed E-state index contributed by atoms with van der Waals surface area (Å²) in [6, 6.07) is 25.5. The third kappa shape index (κ3) is 15.3. The summed E-state index contributed by atoms with van der Waals surface area (Å²) in [6.45, 7) is 7.44. The van der Waals surface area contributed by atoms with Crippen molar-refractivity contribution in [3.63, 3.8) is 0 Å². The zero-order valence-electron chi connectivity index (χ0n) is 29.8. The van der Waals surface area contributed by atoms with Gasteiger partial charge in [-0.05, 0) is 140 Å². The maximum Gasteiger partial charge on any atom is 0.417 e. The van der Waals surface area contributed by atoms with E-state index in [9.17, 15) is 27.6 Å². The first-order valence-corrected chi connectivity index (χ1v) is 19.9. The summed E-state index contributed by atoms with van der Waals surface area (Å²) in [4.78, 5) is 37.8. The molecule has 5 nitrogen and oxygen atoms in total. The van der Waals surface area contributed by atoms with Crippen molar-refractivity contribution in [1.29, 1.82) is 0 Å². The molecule has 0 fully saturated rings.